The second-order valence-corrected chi connectivity index (χ2v) is 6.37. The third kappa shape index (κ3) is 4.90. The van der Waals surface area contributed by atoms with E-state index in [-0.39, 0.29) is 11.9 Å². The number of aromatic nitrogens is 2. The number of hydrogen-bond donors (Lipinski definition) is 1. The van der Waals surface area contributed by atoms with Crippen LogP contribution in [0.3, 0.4) is 0 Å². The monoisotopic (exact) mass is 342 g/mol. The topological polar surface area (TPSA) is 59.4 Å². The average molecular weight is 342 g/mol. The van der Waals surface area contributed by atoms with Gasteiger partial charge in [0.05, 0.1) is 19.3 Å². The maximum Gasteiger partial charge on any atom is 0.220 e. The molecule has 1 atom stereocenters. The fourth-order valence-electron chi connectivity index (χ4n) is 3.22. The highest BCUT2D eigenvalue weighted by molar-refractivity contribution is 5.76. The normalized spacial score (nSPS) is 16.5. The Morgan fingerprint density at radius 1 is 1.32 bits per heavy atom. The lowest BCUT2D eigenvalue weighted by atomic mass is 10.1. The first-order valence-electron chi connectivity index (χ1n) is 8.82. The first-order valence-corrected chi connectivity index (χ1v) is 8.82. The third-order valence-corrected chi connectivity index (χ3v) is 4.71. The van der Waals surface area contributed by atoms with Gasteiger partial charge in [0.1, 0.15) is 0 Å². The van der Waals surface area contributed by atoms with Crippen molar-refractivity contribution in [3.63, 3.8) is 0 Å². The van der Waals surface area contributed by atoms with Crippen LogP contribution in [0.1, 0.15) is 23.7 Å². The Morgan fingerprint density at radius 2 is 2.16 bits per heavy atom. The van der Waals surface area contributed by atoms with Crippen LogP contribution in [0.5, 0.6) is 0 Å². The summed E-state index contributed by atoms with van der Waals surface area (Å²) < 4.78 is 7.51. The van der Waals surface area contributed by atoms with E-state index >= 15 is 0 Å². The van der Waals surface area contributed by atoms with Gasteiger partial charge in [-0.2, -0.15) is 0 Å². The smallest absolute Gasteiger partial charge is 0.220 e. The van der Waals surface area contributed by atoms with Gasteiger partial charge in [0.2, 0.25) is 5.91 Å². The quantitative estimate of drug-likeness (QED) is 0.829. The summed E-state index contributed by atoms with van der Waals surface area (Å²) in [6, 6.07) is 8.21. The number of nitrogens with zero attached hydrogens (tertiary/aromatic N) is 3. The lowest BCUT2D eigenvalue weighted by molar-refractivity contribution is -0.121. The van der Waals surface area contributed by atoms with Crippen LogP contribution in [0.25, 0.3) is 0 Å². The Labute approximate surface area is 148 Å². The SMILES string of the molecule is Cn1cccc1CCC(=O)NCC(c1cccnc1)N1CCOCC1. The van der Waals surface area contributed by atoms with E-state index in [4.69, 9.17) is 4.74 Å². The summed E-state index contributed by atoms with van der Waals surface area (Å²) in [5.41, 5.74) is 2.30. The van der Waals surface area contributed by atoms with Crippen LogP contribution in [0.15, 0.2) is 42.9 Å². The van der Waals surface area contributed by atoms with Crippen molar-refractivity contribution in [1.82, 2.24) is 19.8 Å². The van der Waals surface area contributed by atoms with E-state index in [0.717, 1.165) is 38.3 Å². The number of carbonyl (C=O) groups is 1. The largest absolute Gasteiger partial charge is 0.379 e. The Balaban J connectivity index is 1.56. The van der Waals surface area contributed by atoms with Crippen molar-refractivity contribution in [3.8, 4) is 0 Å². The summed E-state index contributed by atoms with van der Waals surface area (Å²) in [7, 11) is 2.00. The predicted octanol–water partition coefficient (Wildman–Crippen LogP) is 1.54. The highest BCUT2D eigenvalue weighted by atomic mass is 16.5. The number of pyridine rings is 1. The minimum atomic E-state index is 0.0864. The van der Waals surface area contributed by atoms with Gasteiger partial charge >= 0.3 is 0 Å². The first-order chi connectivity index (χ1) is 12.2. The molecule has 0 saturated carbocycles. The van der Waals surface area contributed by atoms with Gasteiger partial charge < -0.3 is 14.6 Å². The van der Waals surface area contributed by atoms with E-state index in [1.165, 1.54) is 5.69 Å². The molecule has 1 unspecified atom stereocenters. The molecule has 1 fully saturated rings. The summed E-state index contributed by atoms with van der Waals surface area (Å²) in [5.74, 6) is 0.0864. The Kier molecular flexibility index (Phi) is 6.19. The zero-order chi connectivity index (χ0) is 17.5. The van der Waals surface area contributed by atoms with Gasteiger partial charge in [-0.15, -0.1) is 0 Å². The standard InChI is InChI=1S/C19H26N4O2/c1-22-9-3-5-17(22)6-7-19(24)21-15-18(16-4-2-8-20-14-16)23-10-12-25-13-11-23/h2-5,8-9,14,18H,6-7,10-13,15H2,1H3,(H,21,24). The molecule has 6 heteroatoms. The maximum atomic E-state index is 12.3. The molecule has 6 nitrogen and oxygen atoms in total. The summed E-state index contributed by atoms with van der Waals surface area (Å²) in [5, 5.41) is 3.10. The van der Waals surface area contributed by atoms with Crippen LogP contribution >= 0.6 is 0 Å². The highest BCUT2D eigenvalue weighted by Crippen LogP contribution is 2.20. The minimum Gasteiger partial charge on any atom is -0.379 e. The molecule has 2 aromatic heterocycles. The molecule has 0 spiro atoms. The third-order valence-electron chi connectivity index (χ3n) is 4.71. The number of nitrogens with one attached hydrogen (secondary N) is 1. The van der Waals surface area contributed by atoms with Gasteiger partial charge in [-0.05, 0) is 30.2 Å². The lowest BCUT2D eigenvalue weighted by Gasteiger charge is -2.34. The van der Waals surface area contributed by atoms with E-state index in [1.807, 2.05) is 31.6 Å². The highest BCUT2D eigenvalue weighted by Gasteiger charge is 2.23. The number of rotatable bonds is 7. The van der Waals surface area contributed by atoms with Crippen molar-refractivity contribution in [1.29, 1.82) is 0 Å². The van der Waals surface area contributed by atoms with Crippen LogP contribution in [-0.4, -0.2) is 53.2 Å². The predicted molar refractivity (Wildman–Crippen MR) is 96.1 cm³/mol. The van der Waals surface area contributed by atoms with E-state index < -0.39 is 0 Å². The molecule has 3 rings (SSSR count). The van der Waals surface area contributed by atoms with E-state index in [1.54, 1.807) is 6.20 Å². The minimum absolute atomic E-state index is 0.0864. The molecule has 25 heavy (non-hydrogen) atoms. The van der Waals surface area contributed by atoms with Crippen molar-refractivity contribution in [2.24, 2.45) is 7.05 Å². The number of aryl methyl sites for hydroxylation is 2. The summed E-state index contributed by atoms with van der Waals surface area (Å²) >= 11 is 0. The molecule has 1 N–H and O–H groups in total. The summed E-state index contributed by atoms with van der Waals surface area (Å²) in [6.07, 6.45) is 6.92. The van der Waals surface area contributed by atoms with Crippen LogP contribution < -0.4 is 5.32 Å². The maximum absolute atomic E-state index is 12.3. The van der Waals surface area contributed by atoms with Crippen molar-refractivity contribution in [2.75, 3.05) is 32.8 Å². The Morgan fingerprint density at radius 3 is 2.84 bits per heavy atom. The van der Waals surface area contributed by atoms with Crippen molar-refractivity contribution in [2.45, 2.75) is 18.9 Å². The second kappa shape index (κ2) is 8.78. The number of amides is 1. The van der Waals surface area contributed by atoms with E-state index in [9.17, 15) is 4.79 Å². The summed E-state index contributed by atoms with van der Waals surface area (Å²) in [6.45, 7) is 3.81. The molecule has 0 aliphatic carbocycles. The zero-order valence-electron chi connectivity index (χ0n) is 14.7. The number of carbonyl (C=O) groups excluding carboxylic acids is 1. The molecule has 3 heterocycles. The Hall–Kier alpha value is -2.18. The van der Waals surface area contributed by atoms with Crippen LogP contribution in [0.2, 0.25) is 0 Å². The van der Waals surface area contributed by atoms with Gasteiger partial charge in [0.15, 0.2) is 0 Å². The van der Waals surface area contributed by atoms with Crippen molar-refractivity contribution < 1.29 is 9.53 Å². The number of morpholine rings is 1. The zero-order valence-corrected chi connectivity index (χ0v) is 14.7. The average Bonchev–Trinajstić information content (AvgIpc) is 3.07. The molecule has 1 amide bonds. The van der Waals surface area contributed by atoms with Crippen molar-refractivity contribution in [3.05, 3.63) is 54.1 Å². The van der Waals surface area contributed by atoms with Gasteiger partial charge in [0.25, 0.3) is 0 Å². The van der Waals surface area contributed by atoms with Gasteiger partial charge in [-0.1, -0.05) is 6.07 Å². The lowest BCUT2D eigenvalue weighted by Crippen LogP contribution is -2.43. The van der Waals surface area contributed by atoms with Crippen molar-refractivity contribution >= 4 is 5.91 Å². The molecule has 2 aromatic rings. The first kappa shape index (κ1) is 17.6. The second-order valence-electron chi connectivity index (χ2n) is 6.37. The van der Waals surface area contributed by atoms with Crippen LogP contribution in [0, 0.1) is 0 Å². The fraction of sp³-hybridized carbons (Fsp3) is 0.474. The van der Waals surface area contributed by atoms with Gasteiger partial charge in [0, 0.05) is 57.4 Å². The van der Waals surface area contributed by atoms with E-state index in [2.05, 4.69) is 31.9 Å². The number of hydrogen-bond acceptors (Lipinski definition) is 4. The van der Waals surface area contributed by atoms with Gasteiger partial charge in [-0.3, -0.25) is 14.7 Å². The number of ether oxygens (including phenoxy) is 1. The molecule has 0 bridgehead atoms. The van der Waals surface area contributed by atoms with Gasteiger partial charge in [-0.25, -0.2) is 0 Å². The molecule has 1 aliphatic rings. The fourth-order valence-corrected chi connectivity index (χ4v) is 3.22. The molecule has 1 aliphatic heterocycles. The molecule has 134 valence electrons. The van der Waals surface area contributed by atoms with Crippen LogP contribution in [0.4, 0.5) is 0 Å². The molecule has 1 saturated heterocycles. The molecular weight excluding hydrogens is 316 g/mol. The van der Waals surface area contributed by atoms with E-state index in [0.29, 0.717) is 13.0 Å². The van der Waals surface area contributed by atoms with Crippen LogP contribution in [-0.2, 0) is 23.0 Å². The summed E-state index contributed by atoms with van der Waals surface area (Å²) in [4.78, 5) is 18.9. The molecular formula is C19H26N4O2. The molecule has 0 radical (unpaired) electrons. The molecule has 0 aromatic carbocycles. The Bertz CT molecular complexity index is 665.